The molecule has 0 aliphatic carbocycles. The molecule has 0 radical (unpaired) electrons. The van der Waals surface area contributed by atoms with E-state index in [0.717, 1.165) is 23.5 Å². The lowest BCUT2D eigenvalue weighted by atomic mass is 10.1. The van der Waals surface area contributed by atoms with Gasteiger partial charge in [-0.25, -0.2) is 0 Å². The van der Waals surface area contributed by atoms with Gasteiger partial charge in [-0.2, -0.15) is 0 Å². The normalized spacial score (nSPS) is 10.1. The van der Waals surface area contributed by atoms with Crippen molar-refractivity contribution in [3.63, 3.8) is 0 Å². The van der Waals surface area contributed by atoms with Crippen molar-refractivity contribution < 1.29 is 0 Å². The molecule has 2 nitrogen and oxygen atoms in total. The van der Waals surface area contributed by atoms with E-state index in [4.69, 9.17) is 5.73 Å². The summed E-state index contributed by atoms with van der Waals surface area (Å²) in [6.07, 6.45) is 0.982. The van der Waals surface area contributed by atoms with Crippen LogP contribution in [0.15, 0.2) is 6.07 Å². The fourth-order valence-corrected chi connectivity index (χ4v) is 1.21. The van der Waals surface area contributed by atoms with Crippen LogP contribution < -0.4 is 5.73 Å². The summed E-state index contributed by atoms with van der Waals surface area (Å²) >= 11 is 0. The maximum atomic E-state index is 5.80. The Bertz CT molecular complexity index is 267. The Hall–Kier alpha value is -1.05. The lowest BCUT2D eigenvalue weighted by Gasteiger charge is -2.06. The van der Waals surface area contributed by atoms with Crippen LogP contribution in [0.25, 0.3) is 0 Å². The maximum Gasteiger partial charge on any atom is 0.0607 e. The Morgan fingerprint density at radius 2 is 2.09 bits per heavy atom. The van der Waals surface area contributed by atoms with E-state index in [1.165, 1.54) is 5.56 Å². The molecular formula is C9H14N2. The number of nitrogens with zero attached hydrogens (tertiary/aromatic N) is 1. The molecule has 60 valence electrons. The topological polar surface area (TPSA) is 38.9 Å². The number of nitrogen functional groups attached to an aromatic ring is 1. The van der Waals surface area contributed by atoms with Gasteiger partial charge in [0.05, 0.1) is 11.4 Å². The third kappa shape index (κ3) is 1.50. The first-order valence-corrected chi connectivity index (χ1v) is 3.87. The summed E-state index contributed by atoms with van der Waals surface area (Å²) in [5, 5.41) is 0. The van der Waals surface area contributed by atoms with Crippen molar-refractivity contribution in [2.24, 2.45) is 0 Å². The summed E-state index contributed by atoms with van der Waals surface area (Å²) in [4.78, 5) is 4.26. The molecule has 0 aromatic carbocycles. The van der Waals surface area contributed by atoms with Crippen LogP contribution in [0.4, 0.5) is 5.69 Å². The molecule has 0 atom stereocenters. The van der Waals surface area contributed by atoms with Gasteiger partial charge >= 0.3 is 0 Å². The monoisotopic (exact) mass is 150 g/mol. The van der Waals surface area contributed by atoms with Crippen LogP contribution >= 0.6 is 0 Å². The Morgan fingerprint density at radius 1 is 1.45 bits per heavy atom. The molecule has 0 saturated heterocycles. The minimum atomic E-state index is 0.845. The summed E-state index contributed by atoms with van der Waals surface area (Å²) in [6.45, 7) is 6.04. The summed E-state index contributed by atoms with van der Waals surface area (Å²) < 4.78 is 0. The van der Waals surface area contributed by atoms with E-state index in [9.17, 15) is 0 Å². The number of anilines is 1. The van der Waals surface area contributed by atoms with Crippen LogP contribution in [-0.2, 0) is 6.42 Å². The van der Waals surface area contributed by atoms with Crippen molar-refractivity contribution in [2.45, 2.75) is 27.2 Å². The van der Waals surface area contributed by atoms with E-state index in [0.29, 0.717) is 0 Å². The molecule has 1 aromatic rings. The summed E-state index contributed by atoms with van der Waals surface area (Å²) in [6, 6.07) is 2.04. The van der Waals surface area contributed by atoms with Gasteiger partial charge in [-0.15, -0.1) is 0 Å². The van der Waals surface area contributed by atoms with Crippen LogP contribution in [0.3, 0.4) is 0 Å². The molecule has 0 spiro atoms. The molecule has 1 aromatic heterocycles. The number of nitrogens with two attached hydrogens (primary N) is 1. The molecule has 1 rings (SSSR count). The van der Waals surface area contributed by atoms with Crippen molar-refractivity contribution >= 4 is 5.69 Å². The van der Waals surface area contributed by atoms with E-state index in [1.54, 1.807) is 0 Å². The molecule has 2 heteroatoms. The molecule has 0 amide bonds. The number of hydrogen-bond donors (Lipinski definition) is 1. The van der Waals surface area contributed by atoms with Crippen molar-refractivity contribution in [3.05, 3.63) is 23.0 Å². The van der Waals surface area contributed by atoms with Gasteiger partial charge in [0.1, 0.15) is 0 Å². The van der Waals surface area contributed by atoms with E-state index >= 15 is 0 Å². The first-order valence-electron chi connectivity index (χ1n) is 3.87. The molecule has 2 N–H and O–H groups in total. The molecule has 0 aliphatic heterocycles. The van der Waals surface area contributed by atoms with Crippen LogP contribution in [-0.4, -0.2) is 4.98 Å². The number of hydrogen-bond acceptors (Lipinski definition) is 2. The smallest absolute Gasteiger partial charge is 0.0607 e. The van der Waals surface area contributed by atoms with Gasteiger partial charge in [-0.05, 0) is 31.9 Å². The van der Waals surface area contributed by atoms with Gasteiger partial charge in [-0.1, -0.05) is 6.92 Å². The van der Waals surface area contributed by atoms with Crippen molar-refractivity contribution in [1.29, 1.82) is 0 Å². The largest absolute Gasteiger partial charge is 0.397 e. The van der Waals surface area contributed by atoms with Gasteiger partial charge in [0.2, 0.25) is 0 Å². The number of aryl methyl sites for hydroxylation is 3. The van der Waals surface area contributed by atoms with Gasteiger partial charge in [0.15, 0.2) is 0 Å². The van der Waals surface area contributed by atoms with Crippen molar-refractivity contribution in [2.75, 3.05) is 5.73 Å². The second kappa shape index (κ2) is 2.91. The summed E-state index contributed by atoms with van der Waals surface area (Å²) in [5.41, 5.74) is 9.84. The highest BCUT2D eigenvalue weighted by Gasteiger charge is 2.01. The zero-order valence-electron chi connectivity index (χ0n) is 7.31. The minimum absolute atomic E-state index is 0.845. The molecule has 0 fully saturated rings. The van der Waals surface area contributed by atoms with Gasteiger partial charge in [0.25, 0.3) is 0 Å². The Labute approximate surface area is 67.5 Å². The highest BCUT2D eigenvalue weighted by molar-refractivity contribution is 5.50. The fourth-order valence-electron chi connectivity index (χ4n) is 1.21. The van der Waals surface area contributed by atoms with E-state index < -0.39 is 0 Å². The highest BCUT2D eigenvalue weighted by atomic mass is 14.7. The quantitative estimate of drug-likeness (QED) is 0.663. The molecule has 1 heterocycles. The lowest BCUT2D eigenvalue weighted by Crippen LogP contribution is -2.00. The molecule has 0 unspecified atom stereocenters. The Morgan fingerprint density at radius 3 is 2.64 bits per heavy atom. The molecule has 0 aliphatic rings. The third-order valence-electron chi connectivity index (χ3n) is 1.84. The fraction of sp³-hybridized carbons (Fsp3) is 0.444. The first kappa shape index (κ1) is 8.05. The Kier molecular flexibility index (Phi) is 2.13. The van der Waals surface area contributed by atoms with Gasteiger partial charge < -0.3 is 5.73 Å². The van der Waals surface area contributed by atoms with Gasteiger partial charge in [0, 0.05) is 5.69 Å². The van der Waals surface area contributed by atoms with Crippen LogP contribution in [0.2, 0.25) is 0 Å². The second-order valence-electron chi connectivity index (χ2n) is 2.78. The SMILES string of the molecule is CCc1cc(C)nc(C)c1N. The van der Waals surface area contributed by atoms with E-state index in [-0.39, 0.29) is 0 Å². The van der Waals surface area contributed by atoms with Crippen molar-refractivity contribution in [1.82, 2.24) is 4.98 Å². The zero-order chi connectivity index (χ0) is 8.43. The van der Waals surface area contributed by atoms with E-state index in [2.05, 4.69) is 11.9 Å². The average molecular weight is 150 g/mol. The number of rotatable bonds is 1. The minimum Gasteiger partial charge on any atom is -0.397 e. The maximum absolute atomic E-state index is 5.80. The molecule has 0 bridgehead atoms. The van der Waals surface area contributed by atoms with Gasteiger partial charge in [-0.3, -0.25) is 4.98 Å². The summed E-state index contributed by atoms with van der Waals surface area (Å²) in [5.74, 6) is 0. The predicted molar refractivity (Wildman–Crippen MR) is 47.5 cm³/mol. The standard InChI is InChI=1S/C9H14N2/c1-4-8-5-6(2)11-7(3)9(8)10/h5H,4,10H2,1-3H3. The second-order valence-corrected chi connectivity index (χ2v) is 2.78. The zero-order valence-corrected chi connectivity index (χ0v) is 7.31. The lowest BCUT2D eigenvalue weighted by molar-refractivity contribution is 1.06. The Balaban J connectivity index is 3.24. The summed E-state index contributed by atoms with van der Waals surface area (Å²) in [7, 11) is 0. The number of aromatic nitrogens is 1. The van der Waals surface area contributed by atoms with E-state index in [1.807, 2.05) is 19.9 Å². The van der Waals surface area contributed by atoms with Crippen LogP contribution in [0.5, 0.6) is 0 Å². The van der Waals surface area contributed by atoms with Crippen LogP contribution in [0.1, 0.15) is 23.9 Å². The first-order chi connectivity index (χ1) is 5.15. The third-order valence-corrected chi connectivity index (χ3v) is 1.84. The molecule has 0 saturated carbocycles. The average Bonchev–Trinajstić information content (AvgIpc) is 1.96. The number of pyridine rings is 1. The highest BCUT2D eigenvalue weighted by Crippen LogP contribution is 2.16. The molecule has 11 heavy (non-hydrogen) atoms. The van der Waals surface area contributed by atoms with Crippen LogP contribution in [0, 0.1) is 13.8 Å². The van der Waals surface area contributed by atoms with Crippen molar-refractivity contribution in [3.8, 4) is 0 Å². The molecular weight excluding hydrogens is 136 g/mol. The predicted octanol–water partition coefficient (Wildman–Crippen LogP) is 1.84.